The van der Waals surface area contributed by atoms with Crippen molar-refractivity contribution >= 4 is 0 Å². The third kappa shape index (κ3) is 2.04. The van der Waals surface area contributed by atoms with Crippen LogP contribution in [0.1, 0.15) is 36.7 Å². The Morgan fingerprint density at radius 1 is 1.26 bits per heavy atom. The van der Waals surface area contributed by atoms with Gasteiger partial charge >= 0.3 is 0 Å². The molecule has 19 heavy (non-hydrogen) atoms. The van der Waals surface area contributed by atoms with Crippen molar-refractivity contribution in [2.45, 2.75) is 31.8 Å². The summed E-state index contributed by atoms with van der Waals surface area (Å²) in [6, 6.07) is 9.57. The lowest BCUT2D eigenvalue weighted by molar-refractivity contribution is 0.0589. The maximum atomic E-state index is 11.0. The van der Waals surface area contributed by atoms with Crippen LogP contribution in [0.3, 0.4) is 0 Å². The highest BCUT2D eigenvalue weighted by Gasteiger charge is 2.37. The van der Waals surface area contributed by atoms with Crippen molar-refractivity contribution in [1.82, 2.24) is 0 Å². The van der Waals surface area contributed by atoms with E-state index in [-0.39, 0.29) is 0 Å². The number of ether oxygens (including phenoxy) is 1. The third-order valence-corrected chi connectivity index (χ3v) is 3.78. The quantitative estimate of drug-likeness (QED) is 0.919. The Labute approximate surface area is 112 Å². The van der Waals surface area contributed by atoms with Crippen LogP contribution in [0.5, 0.6) is 5.75 Å². The zero-order valence-corrected chi connectivity index (χ0v) is 11.1. The van der Waals surface area contributed by atoms with E-state index >= 15 is 0 Å². The second-order valence-corrected chi connectivity index (χ2v) is 4.93. The second-order valence-electron chi connectivity index (χ2n) is 4.93. The minimum Gasteiger partial charge on any atom is -0.494 e. The third-order valence-electron chi connectivity index (χ3n) is 3.78. The highest BCUT2D eigenvalue weighted by atomic mass is 16.5. The zero-order valence-electron chi connectivity index (χ0n) is 11.1. The van der Waals surface area contributed by atoms with Crippen LogP contribution in [-0.4, -0.2) is 11.7 Å². The molecule has 0 fully saturated rings. The minimum absolute atomic E-state index is 0.648. The van der Waals surface area contributed by atoms with Crippen LogP contribution in [0.15, 0.2) is 41.0 Å². The van der Waals surface area contributed by atoms with Gasteiger partial charge in [0.25, 0.3) is 0 Å². The molecule has 1 aromatic heterocycles. The fourth-order valence-electron chi connectivity index (χ4n) is 2.84. The summed E-state index contributed by atoms with van der Waals surface area (Å²) in [5, 5.41) is 11.0. The molecule has 0 spiro atoms. The molecule has 3 nitrogen and oxygen atoms in total. The van der Waals surface area contributed by atoms with Crippen molar-refractivity contribution in [1.29, 1.82) is 0 Å². The molecule has 100 valence electrons. The zero-order chi connectivity index (χ0) is 13.3. The fourth-order valence-corrected chi connectivity index (χ4v) is 2.84. The normalized spacial score (nSPS) is 22.0. The van der Waals surface area contributed by atoms with E-state index in [0.29, 0.717) is 6.61 Å². The van der Waals surface area contributed by atoms with Crippen molar-refractivity contribution < 1.29 is 14.3 Å². The van der Waals surface area contributed by atoms with Crippen molar-refractivity contribution in [2.75, 3.05) is 6.61 Å². The van der Waals surface area contributed by atoms with Gasteiger partial charge < -0.3 is 14.3 Å². The Balaban J connectivity index is 1.98. The number of aliphatic hydroxyl groups is 1. The van der Waals surface area contributed by atoms with E-state index < -0.39 is 5.60 Å². The van der Waals surface area contributed by atoms with E-state index in [4.69, 9.17) is 9.15 Å². The number of benzene rings is 1. The number of rotatable bonds is 3. The number of hydrogen-bond donors (Lipinski definition) is 1. The van der Waals surface area contributed by atoms with Crippen molar-refractivity contribution in [3.63, 3.8) is 0 Å². The van der Waals surface area contributed by atoms with Gasteiger partial charge in [0.05, 0.1) is 12.9 Å². The van der Waals surface area contributed by atoms with Gasteiger partial charge in [-0.15, -0.1) is 0 Å². The Kier molecular flexibility index (Phi) is 3.07. The van der Waals surface area contributed by atoms with Crippen LogP contribution in [0.25, 0.3) is 0 Å². The lowest BCUT2D eigenvalue weighted by Crippen LogP contribution is -2.30. The molecule has 2 aromatic rings. The molecule has 0 bridgehead atoms. The van der Waals surface area contributed by atoms with Crippen LogP contribution >= 0.6 is 0 Å². The van der Waals surface area contributed by atoms with Crippen LogP contribution < -0.4 is 4.74 Å². The molecule has 1 aliphatic rings. The lowest BCUT2D eigenvalue weighted by Gasteiger charge is -2.32. The molecule has 1 N–H and O–H groups in total. The van der Waals surface area contributed by atoms with E-state index in [1.807, 2.05) is 37.3 Å². The summed E-state index contributed by atoms with van der Waals surface area (Å²) in [6.45, 7) is 2.61. The molecule has 0 radical (unpaired) electrons. The first kappa shape index (κ1) is 12.3. The highest BCUT2D eigenvalue weighted by molar-refractivity contribution is 5.41. The summed E-state index contributed by atoms with van der Waals surface area (Å²) in [5.74, 6) is 1.74. The molecular weight excluding hydrogens is 240 g/mol. The van der Waals surface area contributed by atoms with Gasteiger partial charge in [-0.25, -0.2) is 0 Å². The van der Waals surface area contributed by atoms with E-state index in [2.05, 4.69) is 0 Å². The highest BCUT2D eigenvalue weighted by Crippen LogP contribution is 2.41. The molecule has 3 rings (SSSR count). The molecule has 3 heteroatoms. The van der Waals surface area contributed by atoms with Crippen molar-refractivity contribution in [3.05, 3.63) is 53.5 Å². The van der Waals surface area contributed by atoms with Crippen LogP contribution in [-0.2, 0) is 12.0 Å². The van der Waals surface area contributed by atoms with E-state index in [0.717, 1.165) is 41.9 Å². The largest absolute Gasteiger partial charge is 0.494 e. The number of fused-ring (bicyclic) bond motifs is 1. The van der Waals surface area contributed by atoms with Gasteiger partial charge in [0.2, 0.25) is 0 Å². The maximum Gasteiger partial charge on any atom is 0.119 e. The van der Waals surface area contributed by atoms with Crippen molar-refractivity contribution in [2.24, 2.45) is 0 Å². The van der Waals surface area contributed by atoms with Gasteiger partial charge in [-0.05, 0) is 43.5 Å². The van der Waals surface area contributed by atoms with Gasteiger partial charge in [0.1, 0.15) is 17.1 Å². The molecule has 1 aromatic carbocycles. The molecular formula is C16H18O3. The molecule has 1 heterocycles. The van der Waals surface area contributed by atoms with Gasteiger partial charge in [-0.3, -0.25) is 0 Å². The van der Waals surface area contributed by atoms with E-state index in [9.17, 15) is 5.11 Å². The lowest BCUT2D eigenvalue weighted by atomic mass is 9.78. The average Bonchev–Trinajstić information content (AvgIpc) is 2.90. The van der Waals surface area contributed by atoms with Crippen LogP contribution in [0.2, 0.25) is 0 Å². The van der Waals surface area contributed by atoms with Gasteiger partial charge in [0.15, 0.2) is 0 Å². The summed E-state index contributed by atoms with van der Waals surface area (Å²) in [4.78, 5) is 0. The average molecular weight is 258 g/mol. The van der Waals surface area contributed by atoms with E-state index in [1.165, 1.54) is 0 Å². The second kappa shape index (κ2) is 4.74. The first-order chi connectivity index (χ1) is 9.24. The number of hydrogen-bond acceptors (Lipinski definition) is 3. The molecule has 0 saturated heterocycles. The minimum atomic E-state index is -0.925. The smallest absolute Gasteiger partial charge is 0.119 e. The van der Waals surface area contributed by atoms with Gasteiger partial charge in [-0.2, -0.15) is 0 Å². The summed E-state index contributed by atoms with van der Waals surface area (Å²) in [7, 11) is 0. The molecule has 0 saturated carbocycles. The van der Waals surface area contributed by atoms with Crippen LogP contribution in [0.4, 0.5) is 0 Å². The Bertz CT molecular complexity index is 556. The molecule has 1 aliphatic carbocycles. The predicted molar refractivity (Wildman–Crippen MR) is 72.3 cm³/mol. The monoisotopic (exact) mass is 258 g/mol. The van der Waals surface area contributed by atoms with Crippen LogP contribution in [0, 0.1) is 0 Å². The SMILES string of the molecule is CCOc1ccc(C2(O)CCCc3occc32)cc1. The Hall–Kier alpha value is -1.74. The first-order valence-corrected chi connectivity index (χ1v) is 6.76. The molecule has 0 aliphatic heterocycles. The fraction of sp³-hybridized carbons (Fsp3) is 0.375. The molecule has 1 atom stereocenters. The topological polar surface area (TPSA) is 42.6 Å². The van der Waals surface area contributed by atoms with E-state index in [1.54, 1.807) is 6.26 Å². The van der Waals surface area contributed by atoms with Gasteiger partial charge in [0, 0.05) is 12.0 Å². The number of furan rings is 1. The molecule has 0 amide bonds. The predicted octanol–water partition coefficient (Wildman–Crippen LogP) is 3.25. The number of aryl methyl sites for hydroxylation is 1. The summed E-state index contributed by atoms with van der Waals surface area (Å²) in [6.07, 6.45) is 4.23. The standard InChI is InChI=1S/C16H18O3/c1-2-18-13-7-5-12(6-8-13)16(17)10-3-4-15-14(16)9-11-19-15/h5-9,11,17H,2-4,10H2,1H3. The summed E-state index contributed by atoms with van der Waals surface area (Å²) >= 11 is 0. The summed E-state index contributed by atoms with van der Waals surface area (Å²) in [5.41, 5.74) is 0.881. The molecule has 1 unspecified atom stereocenters. The summed E-state index contributed by atoms with van der Waals surface area (Å²) < 4.78 is 10.9. The Morgan fingerprint density at radius 2 is 2.05 bits per heavy atom. The first-order valence-electron chi connectivity index (χ1n) is 6.76. The van der Waals surface area contributed by atoms with Gasteiger partial charge in [-0.1, -0.05) is 12.1 Å². The maximum absolute atomic E-state index is 11.0. The Morgan fingerprint density at radius 3 is 2.79 bits per heavy atom. The van der Waals surface area contributed by atoms with Crippen molar-refractivity contribution in [3.8, 4) is 5.75 Å².